The second-order valence-corrected chi connectivity index (χ2v) is 4.98. The fourth-order valence-corrected chi connectivity index (χ4v) is 2.21. The van der Waals surface area contributed by atoms with E-state index in [0.717, 1.165) is 5.56 Å². The van der Waals surface area contributed by atoms with Crippen LogP contribution < -0.4 is 14.8 Å². The van der Waals surface area contributed by atoms with Gasteiger partial charge in [-0.15, -0.1) is 19.0 Å². The average Bonchev–Trinajstić information content (AvgIpc) is 2.56. The minimum Gasteiger partial charge on any atom is -0.490 e. The molecule has 0 amide bonds. The Bertz CT molecular complexity index is 649. The number of halogens is 2. The number of rotatable bonds is 9. The van der Waals surface area contributed by atoms with Gasteiger partial charge in [-0.25, -0.2) is 4.39 Å². The van der Waals surface area contributed by atoms with E-state index in [1.807, 2.05) is 25.1 Å². The van der Waals surface area contributed by atoms with Crippen molar-refractivity contribution in [3.63, 3.8) is 0 Å². The third kappa shape index (κ3) is 5.55. The Balaban J connectivity index is 0.00000288. The molecule has 5 heteroatoms. The minimum absolute atomic E-state index is 0. The zero-order valence-electron chi connectivity index (χ0n) is 13.8. The molecule has 0 aliphatic carbocycles. The molecule has 0 fully saturated rings. The molecule has 1 N–H and O–H groups in total. The maximum Gasteiger partial charge on any atom is 0.166 e. The Kier molecular flexibility index (Phi) is 8.90. The lowest BCUT2D eigenvalue weighted by molar-refractivity contribution is 0.263. The van der Waals surface area contributed by atoms with Gasteiger partial charge in [0.2, 0.25) is 0 Å². The fourth-order valence-electron chi connectivity index (χ4n) is 2.21. The molecule has 0 radical (unpaired) electrons. The molecule has 0 bridgehead atoms. The molecule has 0 saturated carbocycles. The summed E-state index contributed by atoms with van der Waals surface area (Å²) in [4.78, 5) is 0. The first-order chi connectivity index (χ1) is 11.3. The van der Waals surface area contributed by atoms with Gasteiger partial charge in [-0.2, -0.15) is 0 Å². The number of hydrogen-bond donors (Lipinski definition) is 1. The maximum absolute atomic E-state index is 13.8. The lowest BCUT2D eigenvalue weighted by atomic mass is 10.1. The first-order valence-corrected chi connectivity index (χ1v) is 7.68. The van der Waals surface area contributed by atoms with Gasteiger partial charge in [0.1, 0.15) is 12.4 Å². The summed E-state index contributed by atoms with van der Waals surface area (Å²) < 4.78 is 25.3. The number of ether oxygens (including phenoxy) is 2. The van der Waals surface area contributed by atoms with Crippen LogP contribution in [0.25, 0.3) is 0 Å². The number of nitrogens with one attached hydrogen (secondary N) is 1. The highest BCUT2D eigenvalue weighted by molar-refractivity contribution is 5.85. The Morgan fingerprint density at radius 2 is 1.83 bits per heavy atom. The molecule has 2 rings (SSSR count). The molecule has 0 saturated heterocycles. The molecule has 0 aromatic heterocycles. The molecule has 2 aromatic carbocycles. The summed E-state index contributed by atoms with van der Waals surface area (Å²) in [5.74, 6) is 1.05. The second-order valence-electron chi connectivity index (χ2n) is 4.98. The van der Waals surface area contributed by atoms with E-state index in [1.54, 1.807) is 24.3 Å². The molecule has 0 spiro atoms. The highest BCUT2D eigenvalue weighted by Gasteiger charge is 2.12. The first kappa shape index (κ1) is 20.0. The number of hydrogen-bond acceptors (Lipinski definition) is 3. The van der Waals surface area contributed by atoms with Crippen LogP contribution >= 0.6 is 12.4 Å². The SMILES string of the molecule is C=CCNCc1cccc(OCC)c1OCc1ccccc1F.Cl. The summed E-state index contributed by atoms with van der Waals surface area (Å²) in [5, 5.41) is 3.24. The highest BCUT2D eigenvalue weighted by Crippen LogP contribution is 2.32. The summed E-state index contributed by atoms with van der Waals surface area (Å²) in [6, 6.07) is 12.4. The Morgan fingerprint density at radius 3 is 2.54 bits per heavy atom. The molecule has 0 aliphatic heterocycles. The molecule has 24 heavy (non-hydrogen) atoms. The van der Waals surface area contributed by atoms with Gasteiger partial charge >= 0.3 is 0 Å². The molecular formula is C19H23ClFNO2. The van der Waals surface area contributed by atoms with E-state index in [0.29, 0.717) is 36.8 Å². The van der Waals surface area contributed by atoms with E-state index in [2.05, 4.69) is 11.9 Å². The smallest absolute Gasteiger partial charge is 0.166 e. The summed E-state index contributed by atoms with van der Waals surface area (Å²) in [6.45, 7) is 7.63. The van der Waals surface area contributed by atoms with Crippen molar-refractivity contribution in [2.75, 3.05) is 13.2 Å². The van der Waals surface area contributed by atoms with Crippen LogP contribution in [-0.2, 0) is 13.2 Å². The largest absolute Gasteiger partial charge is 0.490 e. The Morgan fingerprint density at radius 1 is 1.08 bits per heavy atom. The molecule has 2 aromatic rings. The zero-order valence-corrected chi connectivity index (χ0v) is 14.6. The van der Waals surface area contributed by atoms with E-state index in [9.17, 15) is 4.39 Å². The minimum atomic E-state index is -0.271. The van der Waals surface area contributed by atoms with Crippen molar-refractivity contribution in [1.82, 2.24) is 5.32 Å². The summed E-state index contributed by atoms with van der Waals surface area (Å²) in [6.07, 6.45) is 1.80. The molecule has 130 valence electrons. The number of benzene rings is 2. The van der Waals surface area contributed by atoms with Crippen LogP contribution in [-0.4, -0.2) is 13.2 Å². The molecule has 0 unspecified atom stereocenters. The third-order valence-electron chi connectivity index (χ3n) is 3.29. The average molecular weight is 352 g/mol. The van der Waals surface area contributed by atoms with Crippen molar-refractivity contribution in [1.29, 1.82) is 0 Å². The predicted molar refractivity (Wildman–Crippen MR) is 97.5 cm³/mol. The highest BCUT2D eigenvalue weighted by atomic mass is 35.5. The van der Waals surface area contributed by atoms with Gasteiger partial charge in [0, 0.05) is 24.2 Å². The van der Waals surface area contributed by atoms with Gasteiger partial charge in [-0.05, 0) is 19.1 Å². The summed E-state index contributed by atoms with van der Waals surface area (Å²) >= 11 is 0. The van der Waals surface area contributed by atoms with Gasteiger partial charge in [-0.3, -0.25) is 0 Å². The lowest BCUT2D eigenvalue weighted by Gasteiger charge is -2.16. The van der Waals surface area contributed by atoms with Crippen LogP contribution in [0.2, 0.25) is 0 Å². The van der Waals surface area contributed by atoms with Crippen molar-refractivity contribution in [2.45, 2.75) is 20.1 Å². The van der Waals surface area contributed by atoms with Crippen molar-refractivity contribution in [2.24, 2.45) is 0 Å². The van der Waals surface area contributed by atoms with Crippen molar-refractivity contribution >= 4 is 12.4 Å². The van der Waals surface area contributed by atoms with Gasteiger partial charge in [-0.1, -0.05) is 36.4 Å². The van der Waals surface area contributed by atoms with Crippen LogP contribution in [0.4, 0.5) is 4.39 Å². The van der Waals surface area contributed by atoms with Crippen LogP contribution in [0.15, 0.2) is 55.1 Å². The molecule has 3 nitrogen and oxygen atoms in total. The van der Waals surface area contributed by atoms with Crippen LogP contribution in [0.5, 0.6) is 11.5 Å². The van der Waals surface area contributed by atoms with E-state index >= 15 is 0 Å². The molecule has 0 atom stereocenters. The standard InChI is InChI=1S/C19H22FNO2.ClH/c1-3-12-21-13-15-9-7-11-18(22-4-2)19(15)23-14-16-8-5-6-10-17(16)20;/h3,5-11,21H,1,4,12-14H2,2H3;1H. The Hall–Kier alpha value is -2.04. The molecule has 0 heterocycles. The van der Waals surface area contributed by atoms with E-state index < -0.39 is 0 Å². The monoisotopic (exact) mass is 351 g/mol. The van der Waals surface area contributed by atoms with E-state index in [1.165, 1.54) is 6.07 Å². The number of para-hydroxylation sites is 1. The summed E-state index contributed by atoms with van der Waals surface area (Å²) in [7, 11) is 0. The van der Waals surface area contributed by atoms with Gasteiger partial charge in [0.25, 0.3) is 0 Å². The third-order valence-corrected chi connectivity index (χ3v) is 3.29. The quantitative estimate of drug-likeness (QED) is 0.533. The normalized spacial score (nSPS) is 9.92. The van der Waals surface area contributed by atoms with E-state index in [4.69, 9.17) is 9.47 Å². The van der Waals surface area contributed by atoms with Gasteiger partial charge < -0.3 is 14.8 Å². The van der Waals surface area contributed by atoms with Crippen LogP contribution in [0.3, 0.4) is 0 Å². The van der Waals surface area contributed by atoms with Crippen molar-refractivity contribution in [3.05, 3.63) is 72.1 Å². The fraction of sp³-hybridized carbons (Fsp3) is 0.263. The van der Waals surface area contributed by atoms with Gasteiger partial charge in [0.05, 0.1) is 6.61 Å². The second kappa shape index (κ2) is 10.7. The molecule has 0 aliphatic rings. The van der Waals surface area contributed by atoms with Crippen LogP contribution in [0.1, 0.15) is 18.1 Å². The van der Waals surface area contributed by atoms with Crippen LogP contribution in [0, 0.1) is 5.82 Å². The molecular weight excluding hydrogens is 329 g/mol. The maximum atomic E-state index is 13.8. The first-order valence-electron chi connectivity index (χ1n) is 7.68. The lowest BCUT2D eigenvalue weighted by Crippen LogP contribution is -2.14. The topological polar surface area (TPSA) is 30.5 Å². The van der Waals surface area contributed by atoms with Crippen molar-refractivity contribution < 1.29 is 13.9 Å². The van der Waals surface area contributed by atoms with Gasteiger partial charge in [0.15, 0.2) is 11.5 Å². The predicted octanol–water partition coefficient (Wildman–Crippen LogP) is 4.50. The zero-order chi connectivity index (χ0) is 16.5. The summed E-state index contributed by atoms with van der Waals surface area (Å²) in [5.41, 5.74) is 1.48. The van der Waals surface area contributed by atoms with E-state index in [-0.39, 0.29) is 24.8 Å². The van der Waals surface area contributed by atoms with Crippen molar-refractivity contribution in [3.8, 4) is 11.5 Å². The Labute approximate surface area is 148 Å².